The molecule has 12 heteroatoms. The maximum atomic E-state index is 11.9. The summed E-state index contributed by atoms with van der Waals surface area (Å²) in [6, 6.07) is 5.35. The highest BCUT2D eigenvalue weighted by molar-refractivity contribution is 7.14. The molecule has 5 nitrogen and oxygen atoms in total. The molecule has 0 fully saturated rings. The summed E-state index contributed by atoms with van der Waals surface area (Å²) in [4.78, 5) is 25.7. The lowest BCUT2D eigenvalue weighted by molar-refractivity contribution is -0.274. The Labute approximate surface area is 145 Å². The highest BCUT2D eigenvalue weighted by Gasteiger charge is 2.32. The fourth-order valence-corrected chi connectivity index (χ4v) is 2.09. The molecule has 138 valence electrons. The second-order valence-electron chi connectivity index (χ2n) is 4.12. The second-order valence-corrected chi connectivity index (χ2v) is 5.01. The zero-order valence-corrected chi connectivity index (χ0v) is 13.1. The first-order valence-electron chi connectivity index (χ1n) is 6.22. The summed E-state index contributed by atoms with van der Waals surface area (Å²) in [5, 5.41) is 0.910. The van der Waals surface area contributed by atoms with Gasteiger partial charge in [-0.25, -0.2) is 9.59 Å². The Balaban J connectivity index is 0.000000263. The number of nitrogens with zero attached hydrogens (tertiary/aromatic N) is 2. The number of rotatable bonds is 3. The van der Waals surface area contributed by atoms with Crippen molar-refractivity contribution in [3.05, 3.63) is 41.3 Å². The van der Waals surface area contributed by atoms with E-state index in [1.807, 2.05) is 0 Å². The fourth-order valence-electron chi connectivity index (χ4n) is 1.35. The number of hydrogen-bond acceptors (Lipinski definition) is 6. The predicted octanol–water partition coefficient (Wildman–Crippen LogP) is 5.29. The molecule has 1 aromatic carbocycles. The minimum Gasteiger partial charge on any atom is -0.406 e. The van der Waals surface area contributed by atoms with E-state index >= 15 is 0 Å². The van der Waals surface area contributed by atoms with Crippen molar-refractivity contribution in [1.82, 2.24) is 0 Å². The van der Waals surface area contributed by atoms with Crippen molar-refractivity contribution in [3.63, 3.8) is 0 Å². The molecular weight excluding hydrogens is 390 g/mol. The normalized spacial score (nSPS) is 10.7. The molecule has 2 rings (SSSR count). The molecule has 0 aliphatic carbocycles. The van der Waals surface area contributed by atoms with Gasteiger partial charge >= 0.3 is 12.5 Å². The molecule has 0 spiro atoms. The molecule has 1 aromatic heterocycles. The maximum Gasteiger partial charge on any atom is 0.573 e. The van der Waals surface area contributed by atoms with Gasteiger partial charge in [0.15, 0.2) is 0 Å². The molecule has 0 saturated heterocycles. The maximum absolute atomic E-state index is 11.9. The number of halogens is 6. The number of hydrogen-bond donors (Lipinski definition) is 0. The van der Waals surface area contributed by atoms with Gasteiger partial charge in [0.25, 0.3) is 0 Å². The average molecular weight is 396 g/mol. The van der Waals surface area contributed by atoms with Gasteiger partial charge in [-0.3, -0.25) is 0 Å². The van der Waals surface area contributed by atoms with Gasteiger partial charge in [-0.05, 0) is 30.3 Å². The van der Waals surface area contributed by atoms with Crippen LogP contribution in [0.1, 0.15) is 5.56 Å². The standard InChI is InChI=1S/C8H4F3NO2.C6H2F3NOS/c9-8(10,11)14-7-3-1-6(2-4-7)12-5-13;7-6(8,9)4-1-5(10-3-11)12-2-4/h1-4H;1-2H. The van der Waals surface area contributed by atoms with Crippen molar-refractivity contribution in [2.24, 2.45) is 9.98 Å². The molecule has 0 amide bonds. The van der Waals surface area contributed by atoms with Crippen molar-refractivity contribution in [2.45, 2.75) is 12.5 Å². The highest BCUT2D eigenvalue weighted by Crippen LogP contribution is 2.35. The molecule has 0 radical (unpaired) electrons. The monoisotopic (exact) mass is 396 g/mol. The van der Waals surface area contributed by atoms with Crippen molar-refractivity contribution in [1.29, 1.82) is 0 Å². The largest absolute Gasteiger partial charge is 0.573 e. The van der Waals surface area contributed by atoms with E-state index in [1.54, 1.807) is 0 Å². The van der Waals surface area contributed by atoms with E-state index in [-0.39, 0.29) is 16.4 Å². The first-order valence-corrected chi connectivity index (χ1v) is 7.10. The first-order chi connectivity index (χ1) is 12.0. The summed E-state index contributed by atoms with van der Waals surface area (Å²) in [5.74, 6) is -0.359. The lowest BCUT2D eigenvalue weighted by atomic mass is 10.3. The predicted molar refractivity (Wildman–Crippen MR) is 78.0 cm³/mol. The van der Waals surface area contributed by atoms with E-state index in [9.17, 15) is 35.9 Å². The van der Waals surface area contributed by atoms with Gasteiger partial charge in [-0.15, -0.1) is 24.5 Å². The molecule has 0 aliphatic rings. The molecule has 0 N–H and O–H groups in total. The molecular formula is C14H6F6N2O3S. The van der Waals surface area contributed by atoms with Gasteiger partial charge in [0.1, 0.15) is 10.8 Å². The summed E-state index contributed by atoms with van der Waals surface area (Å²) in [7, 11) is 0. The van der Waals surface area contributed by atoms with E-state index in [0.717, 1.165) is 34.9 Å². The van der Waals surface area contributed by atoms with Crippen molar-refractivity contribution >= 4 is 34.2 Å². The van der Waals surface area contributed by atoms with Crippen LogP contribution < -0.4 is 4.74 Å². The van der Waals surface area contributed by atoms with E-state index in [1.165, 1.54) is 24.3 Å². The number of benzene rings is 1. The van der Waals surface area contributed by atoms with E-state index in [0.29, 0.717) is 0 Å². The van der Waals surface area contributed by atoms with Gasteiger partial charge in [-0.2, -0.15) is 23.2 Å². The van der Waals surface area contributed by atoms with Gasteiger partial charge in [0, 0.05) is 5.38 Å². The molecule has 1 heterocycles. The number of thiophene rings is 1. The highest BCUT2D eigenvalue weighted by atomic mass is 32.1. The summed E-state index contributed by atoms with van der Waals surface area (Å²) >= 11 is 0.752. The Hall–Kier alpha value is -2.94. The molecule has 26 heavy (non-hydrogen) atoms. The minimum atomic E-state index is -4.71. The van der Waals surface area contributed by atoms with Gasteiger partial charge < -0.3 is 4.74 Å². The first kappa shape index (κ1) is 21.1. The summed E-state index contributed by atoms with van der Waals surface area (Å²) in [6.45, 7) is 0. The van der Waals surface area contributed by atoms with Crippen LogP contribution >= 0.6 is 11.3 Å². The number of alkyl halides is 6. The van der Waals surface area contributed by atoms with Crippen LogP contribution in [0.4, 0.5) is 37.0 Å². The van der Waals surface area contributed by atoms with Crippen molar-refractivity contribution in [3.8, 4) is 5.75 Å². The zero-order valence-electron chi connectivity index (χ0n) is 12.3. The molecule has 0 atom stereocenters. The Kier molecular flexibility index (Phi) is 7.27. The number of ether oxygens (including phenoxy) is 1. The van der Waals surface area contributed by atoms with Crippen molar-refractivity contribution < 1.29 is 40.7 Å². The third-order valence-corrected chi connectivity index (χ3v) is 3.14. The van der Waals surface area contributed by atoms with Crippen LogP contribution in [0, 0.1) is 0 Å². The minimum absolute atomic E-state index is 0.0114. The Bertz CT molecular complexity index is 816. The van der Waals surface area contributed by atoms with Gasteiger partial charge in [0.2, 0.25) is 12.2 Å². The molecule has 0 aliphatic heterocycles. The zero-order chi connectivity index (χ0) is 19.8. The molecule has 0 saturated carbocycles. The summed E-state index contributed by atoms with van der Waals surface area (Å²) in [5.41, 5.74) is -0.573. The van der Waals surface area contributed by atoms with Crippen LogP contribution in [-0.4, -0.2) is 18.5 Å². The molecule has 0 unspecified atom stereocenters. The SMILES string of the molecule is O=C=Nc1cc(C(F)(F)F)cs1.O=C=Nc1ccc(OC(F)(F)F)cc1. The second kappa shape index (κ2) is 8.95. The molecule has 2 aromatic rings. The van der Waals surface area contributed by atoms with Crippen LogP contribution in [0.2, 0.25) is 0 Å². The Morgan fingerprint density at radius 1 is 0.923 bits per heavy atom. The lowest BCUT2D eigenvalue weighted by Crippen LogP contribution is -2.16. The summed E-state index contributed by atoms with van der Waals surface area (Å²) in [6.07, 6.45) is -6.65. The number of isocyanates is 2. The Morgan fingerprint density at radius 3 is 1.92 bits per heavy atom. The van der Waals surface area contributed by atoms with Crippen LogP contribution in [0.3, 0.4) is 0 Å². The van der Waals surface area contributed by atoms with Crippen molar-refractivity contribution in [2.75, 3.05) is 0 Å². The van der Waals surface area contributed by atoms with Crippen LogP contribution in [0.15, 0.2) is 45.7 Å². The summed E-state index contributed by atoms with van der Waals surface area (Å²) < 4.78 is 74.4. The van der Waals surface area contributed by atoms with Crippen LogP contribution in [0.25, 0.3) is 0 Å². The smallest absolute Gasteiger partial charge is 0.406 e. The fraction of sp³-hybridized carbons (Fsp3) is 0.143. The van der Waals surface area contributed by atoms with E-state index in [2.05, 4.69) is 14.7 Å². The number of carbonyl (C=O) groups excluding carboxylic acids is 2. The van der Waals surface area contributed by atoms with E-state index < -0.39 is 18.1 Å². The number of aliphatic imine (C=N–C) groups is 2. The van der Waals surface area contributed by atoms with Crippen LogP contribution in [0.5, 0.6) is 5.75 Å². The van der Waals surface area contributed by atoms with E-state index in [4.69, 9.17) is 0 Å². The van der Waals surface area contributed by atoms with Gasteiger partial charge in [-0.1, -0.05) is 0 Å². The van der Waals surface area contributed by atoms with Crippen LogP contribution in [-0.2, 0) is 15.8 Å². The molecule has 0 bridgehead atoms. The lowest BCUT2D eigenvalue weighted by Gasteiger charge is -2.07. The van der Waals surface area contributed by atoms with Gasteiger partial charge in [0.05, 0.1) is 11.3 Å². The third-order valence-electron chi connectivity index (χ3n) is 2.31. The average Bonchev–Trinajstić information content (AvgIpc) is 2.98. The Morgan fingerprint density at radius 2 is 1.50 bits per heavy atom. The quantitative estimate of drug-likeness (QED) is 0.402. The third kappa shape index (κ3) is 7.75. The topological polar surface area (TPSA) is 68.1 Å².